The molecular weight excluding hydrogens is 266 g/mol. The van der Waals surface area contributed by atoms with Gasteiger partial charge in [0.2, 0.25) is 5.91 Å². The maximum atomic E-state index is 11.8. The van der Waals surface area contributed by atoms with Gasteiger partial charge in [0.1, 0.15) is 5.75 Å². The molecule has 0 radical (unpaired) electrons. The average molecular weight is 285 g/mol. The van der Waals surface area contributed by atoms with Crippen molar-refractivity contribution in [1.29, 1.82) is 0 Å². The van der Waals surface area contributed by atoms with Crippen molar-refractivity contribution in [3.05, 3.63) is 47.7 Å². The Kier molecular flexibility index (Phi) is 5.15. The van der Waals surface area contributed by atoms with Crippen LogP contribution in [0.3, 0.4) is 0 Å². The minimum atomic E-state index is -0.215. The smallest absolute Gasteiger partial charge is 0.249 e. The van der Waals surface area contributed by atoms with E-state index in [1.807, 2.05) is 30.3 Å². The summed E-state index contributed by atoms with van der Waals surface area (Å²) in [6.45, 7) is 2.09. The van der Waals surface area contributed by atoms with Crippen LogP contribution < -0.4 is 10.1 Å². The molecule has 0 aliphatic carbocycles. The Labute approximate surface area is 124 Å². The molecule has 0 atom stereocenters. The molecule has 110 valence electrons. The molecule has 1 aromatic heterocycles. The van der Waals surface area contributed by atoms with E-state index >= 15 is 0 Å². The third kappa shape index (κ3) is 4.49. The van der Waals surface area contributed by atoms with E-state index < -0.39 is 0 Å². The molecule has 21 heavy (non-hydrogen) atoms. The van der Waals surface area contributed by atoms with E-state index in [-0.39, 0.29) is 5.91 Å². The van der Waals surface area contributed by atoms with Crippen molar-refractivity contribution in [3.8, 4) is 5.75 Å². The lowest BCUT2D eigenvalue weighted by molar-refractivity contribution is -0.111. The van der Waals surface area contributed by atoms with Gasteiger partial charge in [-0.1, -0.05) is 25.5 Å². The summed E-state index contributed by atoms with van der Waals surface area (Å²) in [5, 5.41) is 9.66. The summed E-state index contributed by atoms with van der Waals surface area (Å²) in [6.07, 6.45) is 5.16. The number of anilines is 1. The third-order valence-corrected chi connectivity index (χ3v) is 2.92. The molecule has 5 nitrogen and oxygen atoms in total. The summed E-state index contributed by atoms with van der Waals surface area (Å²) >= 11 is 0. The van der Waals surface area contributed by atoms with Crippen molar-refractivity contribution < 1.29 is 9.53 Å². The lowest BCUT2D eigenvalue weighted by atomic mass is 10.2. The first-order valence-electron chi connectivity index (χ1n) is 6.88. The van der Waals surface area contributed by atoms with Crippen LogP contribution in [0.15, 0.2) is 36.4 Å². The maximum absolute atomic E-state index is 11.8. The first-order valence-corrected chi connectivity index (χ1v) is 6.88. The number of ether oxygens (including phenoxy) is 1. The van der Waals surface area contributed by atoms with Gasteiger partial charge in [-0.3, -0.25) is 9.89 Å². The number of amides is 1. The molecule has 5 heteroatoms. The summed E-state index contributed by atoms with van der Waals surface area (Å²) < 4.78 is 5.13. The summed E-state index contributed by atoms with van der Waals surface area (Å²) in [7, 11) is 1.61. The van der Waals surface area contributed by atoms with Crippen LogP contribution in [0.1, 0.15) is 24.6 Å². The Morgan fingerprint density at radius 2 is 2.29 bits per heavy atom. The molecule has 0 aliphatic heterocycles. The zero-order chi connectivity index (χ0) is 15.1. The number of nitrogens with one attached hydrogen (secondary N) is 2. The van der Waals surface area contributed by atoms with Crippen LogP contribution in [0.25, 0.3) is 6.08 Å². The number of rotatable bonds is 6. The number of aromatic amines is 1. The molecule has 1 heterocycles. The predicted octanol–water partition coefficient (Wildman–Crippen LogP) is 3.02. The lowest BCUT2D eigenvalue weighted by Gasteiger charge is -2.00. The van der Waals surface area contributed by atoms with E-state index in [2.05, 4.69) is 22.4 Å². The van der Waals surface area contributed by atoms with Crippen molar-refractivity contribution in [2.24, 2.45) is 0 Å². The van der Waals surface area contributed by atoms with Gasteiger partial charge in [-0.15, -0.1) is 0 Å². The number of aryl methyl sites for hydroxylation is 1. The third-order valence-electron chi connectivity index (χ3n) is 2.92. The van der Waals surface area contributed by atoms with E-state index in [4.69, 9.17) is 4.74 Å². The molecule has 0 unspecified atom stereocenters. The second kappa shape index (κ2) is 7.28. The van der Waals surface area contributed by atoms with Crippen LogP contribution in [-0.4, -0.2) is 23.2 Å². The Bertz CT molecular complexity index is 632. The second-order valence-corrected chi connectivity index (χ2v) is 4.63. The van der Waals surface area contributed by atoms with Crippen molar-refractivity contribution in [1.82, 2.24) is 10.2 Å². The van der Waals surface area contributed by atoms with Gasteiger partial charge >= 0.3 is 0 Å². The van der Waals surface area contributed by atoms with E-state index in [0.29, 0.717) is 5.82 Å². The Balaban J connectivity index is 1.95. The normalized spacial score (nSPS) is 10.8. The van der Waals surface area contributed by atoms with Crippen LogP contribution in [-0.2, 0) is 11.2 Å². The second-order valence-electron chi connectivity index (χ2n) is 4.63. The molecule has 0 aliphatic rings. The Morgan fingerprint density at radius 3 is 3.05 bits per heavy atom. The summed E-state index contributed by atoms with van der Waals surface area (Å²) in [6, 6.07) is 9.34. The van der Waals surface area contributed by atoms with Crippen molar-refractivity contribution >= 4 is 17.8 Å². The number of hydrogen-bond acceptors (Lipinski definition) is 3. The topological polar surface area (TPSA) is 67.0 Å². The molecule has 0 saturated carbocycles. The number of methoxy groups -OCH3 is 1. The molecule has 2 N–H and O–H groups in total. The quantitative estimate of drug-likeness (QED) is 0.802. The lowest BCUT2D eigenvalue weighted by Crippen LogP contribution is -2.07. The van der Waals surface area contributed by atoms with Crippen molar-refractivity contribution in [2.45, 2.75) is 19.8 Å². The Hall–Kier alpha value is -2.56. The SMILES string of the molecule is CCCc1cc(NC(=O)/C=C/c2cccc(OC)c2)n[nH]1. The zero-order valence-corrected chi connectivity index (χ0v) is 12.2. The van der Waals surface area contributed by atoms with Gasteiger partial charge in [0.25, 0.3) is 0 Å². The zero-order valence-electron chi connectivity index (χ0n) is 12.2. The van der Waals surface area contributed by atoms with Crippen LogP contribution >= 0.6 is 0 Å². The fourth-order valence-corrected chi connectivity index (χ4v) is 1.91. The van der Waals surface area contributed by atoms with Gasteiger partial charge in [0.05, 0.1) is 7.11 Å². The molecule has 0 bridgehead atoms. The van der Waals surface area contributed by atoms with Gasteiger partial charge < -0.3 is 10.1 Å². The number of hydrogen-bond donors (Lipinski definition) is 2. The average Bonchev–Trinajstić information content (AvgIpc) is 2.93. The molecule has 0 saturated heterocycles. The van der Waals surface area contributed by atoms with Gasteiger partial charge in [-0.05, 0) is 30.2 Å². The molecule has 2 aromatic rings. The van der Waals surface area contributed by atoms with Gasteiger partial charge in [0.15, 0.2) is 5.82 Å². The number of carbonyl (C=O) groups is 1. The van der Waals surface area contributed by atoms with Crippen molar-refractivity contribution in [2.75, 3.05) is 12.4 Å². The standard InChI is InChI=1S/C16H19N3O2/c1-3-5-13-11-15(19-18-13)17-16(20)9-8-12-6-4-7-14(10-12)21-2/h4,6-11H,3,5H2,1-2H3,(H2,17,18,19,20)/b9-8+. The fraction of sp³-hybridized carbons (Fsp3) is 0.250. The van der Waals surface area contributed by atoms with Crippen LogP contribution in [0, 0.1) is 0 Å². The van der Waals surface area contributed by atoms with E-state index in [9.17, 15) is 4.79 Å². The van der Waals surface area contributed by atoms with Gasteiger partial charge in [-0.25, -0.2) is 0 Å². The minimum absolute atomic E-state index is 0.215. The first-order chi connectivity index (χ1) is 10.2. The number of H-pyrrole nitrogens is 1. The molecule has 0 spiro atoms. The highest BCUT2D eigenvalue weighted by atomic mass is 16.5. The Morgan fingerprint density at radius 1 is 1.43 bits per heavy atom. The molecular formula is C16H19N3O2. The molecule has 1 amide bonds. The van der Waals surface area contributed by atoms with Crippen molar-refractivity contribution in [3.63, 3.8) is 0 Å². The fourth-order valence-electron chi connectivity index (χ4n) is 1.91. The number of aromatic nitrogens is 2. The number of benzene rings is 1. The predicted molar refractivity (Wildman–Crippen MR) is 83.2 cm³/mol. The first kappa shape index (κ1) is 14.8. The molecule has 0 fully saturated rings. The monoisotopic (exact) mass is 285 g/mol. The summed E-state index contributed by atoms with van der Waals surface area (Å²) in [4.78, 5) is 11.8. The maximum Gasteiger partial charge on any atom is 0.249 e. The summed E-state index contributed by atoms with van der Waals surface area (Å²) in [5.41, 5.74) is 1.92. The van der Waals surface area contributed by atoms with Gasteiger partial charge in [-0.2, -0.15) is 5.10 Å². The minimum Gasteiger partial charge on any atom is -0.497 e. The highest BCUT2D eigenvalue weighted by Crippen LogP contribution is 2.14. The highest BCUT2D eigenvalue weighted by Gasteiger charge is 2.03. The van der Waals surface area contributed by atoms with E-state index in [1.54, 1.807) is 13.2 Å². The van der Waals surface area contributed by atoms with E-state index in [0.717, 1.165) is 29.8 Å². The summed E-state index contributed by atoms with van der Waals surface area (Å²) in [5.74, 6) is 1.08. The largest absolute Gasteiger partial charge is 0.497 e. The van der Waals surface area contributed by atoms with Crippen LogP contribution in [0.2, 0.25) is 0 Å². The van der Waals surface area contributed by atoms with Crippen LogP contribution in [0.4, 0.5) is 5.82 Å². The molecule has 2 rings (SSSR count). The van der Waals surface area contributed by atoms with E-state index in [1.165, 1.54) is 6.08 Å². The van der Waals surface area contributed by atoms with Crippen LogP contribution in [0.5, 0.6) is 5.75 Å². The molecule has 1 aromatic carbocycles. The van der Waals surface area contributed by atoms with Gasteiger partial charge in [0, 0.05) is 17.8 Å². The number of carbonyl (C=O) groups excluding carboxylic acids is 1. The number of nitrogens with zero attached hydrogens (tertiary/aromatic N) is 1. The highest BCUT2D eigenvalue weighted by molar-refractivity contribution is 6.01.